The highest BCUT2D eigenvalue weighted by atomic mass is 35.5. The van der Waals surface area contributed by atoms with E-state index >= 15 is 0 Å². The van der Waals surface area contributed by atoms with E-state index in [0.29, 0.717) is 15.6 Å². The molecule has 1 amide bonds. The van der Waals surface area contributed by atoms with Gasteiger partial charge >= 0.3 is 5.97 Å². The molecule has 0 radical (unpaired) electrons. The number of carbonyl (C=O) groups is 2. The number of hydrogen-bond acceptors (Lipinski definition) is 3. The lowest BCUT2D eigenvalue weighted by atomic mass is 10.1. The summed E-state index contributed by atoms with van der Waals surface area (Å²) in [5, 5.41) is 3.68. The molecule has 0 spiro atoms. The highest BCUT2D eigenvalue weighted by molar-refractivity contribution is 6.42. The molecule has 4 nitrogen and oxygen atoms in total. The monoisotopic (exact) mass is 329 g/mol. The summed E-state index contributed by atoms with van der Waals surface area (Å²) in [5.74, 6) is -0.709. The first-order chi connectivity index (χ1) is 10.0. The Morgan fingerprint density at radius 1 is 1.19 bits per heavy atom. The van der Waals surface area contributed by atoms with Crippen molar-refractivity contribution in [2.45, 2.75) is 38.1 Å². The second-order valence-electron chi connectivity index (χ2n) is 5.13. The Bertz CT molecular complexity index is 528. The molecule has 1 fully saturated rings. The van der Waals surface area contributed by atoms with Crippen LogP contribution >= 0.6 is 23.2 Å². The third kappa shape index (κ3) is 5.21. The maximum absolute atomic E-state index is 11.7. The Hall–Kier alpha value is -1.26. The zero-order chi connectivity index (χ0) is 15.2. The highest BCUT2D eigenvalue weighted by Crippen LogP contribution is 2.22. The van der Waals surface area contributed by atoms with E-state index in [-0.39, 0.29) is 25.0 Å². The van der Waals surface area contributed by atoms with Gasteiger partial charge in [0.15, 0.2) is 6.61 Å². The van der Waals surface area contributed by atoms with Gasteiger partial charge in [0, 0.05) is 6.04 Å². The van der Waals surface area contributed by atoms with Crippen molar-refractivity contribution in [3.05, 3.63) is 33.8 Å². The molecule has 0 atom stereocenters. The maximum atomic E-state index is 11.7. The van der Waals surface area contributed by atoms with Crippen molar-refractivity contribution in [1.82, 2.24) is 5.32 Å². The average Bonchev–Trinajstić information content (AvgIpc) is 2.93. The minimum absolute atomic E-state index is 0.0631. The Labute approximate surface area is 133 Å². The fourth-order valence-corrected chi connectivity index (χ4v) is 2.67. The Balaban J connectivity index is 1.73. The van der Waals surface area contributed by atoms with Crippen LogP contribution in [0.15, 0.2) is 18.2 Å². The first-order valence-electron chi connectivity index (χ1n) is 6.93. The summed E-state index contributed by atoms with van der Waals surface area (Å²) in [6, 6.07) is 5.17. The largest absolute Gasteiger partial charge is 0.455 e. The van der Waals surface area contributed by atoms with Gasteiger partial charge in [-0.15, -0.1) is 0 Å². The van der Waals surface area contributed by atoms with E-state index in [2.05, 4.69) is 5.32 Å². The molecule has 0 saturated heterocycles. The van der Waals surface area contributed by atoms with Crippen molar-refractivity contribution in [3.8, 4) is 0 Å². The number of esters is 1. The number of amides is 1. The summed E-state index contributed by atoms with van der Waals surface area (Å²) in [5.41, 5.74) is 0.700. The molecule has 1 N–H and O–H groups in total. The van der Waals surface area contributed by atoms with E-state index in [1.807, 2.05) is 0 Å². The fourth-order valence-electron chi connectivity index (χ4n) is 2.35. The van der Waals surface area contributed by atoms with Crippen LogP contribution in [0.4, 0.5) is 0 Å². The number of rotatable bonds is 5. The van der Waals surface area contributed by atoms with Crippen molar-refractivity contribution in [3.63, 3.8) is 0 Å². The molecule has 1 aromatic carbocycles. The van der Waals surface area contributed by atoms with Crippen LogP contribution in [0, 0.1) is 0 Å². The van der Waals surface area contributed by atoms with Gasteiger partial charge in [0.25, 0.3) is 5.91 Å². The lowest BCUT2D eigenvalue weighted by Gasteiger charge is -2.12. The summed E-state index contributed by atoms with van der Waals surface area (Å²) in [7, 11) is 0. The quantitative estimate of drug-likeness (QED) is 0.844. The molecule has 114 valence electrons. The van der Waals surface area contributed by atoms with Crippen LogP contribution in [0.3, 0.4) is 0 Å². The number of benzene rings is 1. The number of hydrogen-bond donors (Lipinski definition) is 1. The predicted octanol–water partition coefficient (Wildman–Crippen LogP) is 3.14. The molecule has 1 aromatic rings. The standard InChI is InChI=1S/C15H17Cl2NO3/c16-12-6-5-10(7-13(12)17)8-15(20)21-9-14(19)18-11-3-1-2-4-11/h5-7,11H,1-4,8-9H2,(H,18,19). The molecular formula is C15H17Cl2NO3. The highest BCUT2D eigenvalue weighted by Gasteiger charge is 2.17. The van der Waals surface area contributed by atoms with Gasteiger partial charge in [-0.1, -0.05) is 42.1 Å². The minimum atomic E-state index is -0.463. The molecule has 1 aliphatic rings. The second kappa shape index (κ2) is 7.66. The Kier molecular flexibility index (Phi) is 5.88. The van der Waals surface area contributed by atoms with Gasteiger partial charge in [-0.05, 0) is 30.5 Å². The van der Waals surface area contributed by atoms with Crippen LogP contribution < -0.4 is 5.32 Å². The van der Waals surface area contributed by atoms with E-state index in [4.69, 9.17) is 27.9 Å². The predicted molar refractivity (Wildman–Crippen MR) is 81.5 cm³/mol. The number of carbonyl (C=O) groups excluding carboxylic acids is 2. The lowest BCUT2D eigenvalue weighted by molar-refractivity contribution is -0.148. The normalized spacial score (nSPS) is 15.0. The van der Waals surface area contributed by atoms with E-state index in [1.165, 1.54) is 0 Å². The van der Waals surface area contributed by atoms with E-state index in [9.17, 15) is 9.59 Å². The minimum Gasteiger partial charge on any atom is -0.455 e. The lowest BCUT2D eigenvalue weighted by Crippen LogP contribution is -2.36. The van der Waals surface area contributed by atoms with Gasteiger partial charge in [-0.25, -0.2) is 0 Å². The van der Waals surface area contributed by atoms with E-state index in [0.717, 1.165) is 25.7 Å². The summed E-state index contributed by atoms with van der Waals surface area (Å²) < 4.78 is 4.96. The summed E-state index contributed by atoms with van der Waals surface area (Å²) in [4.78, 5) is 23.3. The van der Waals surface area contributed by atoms with Crippen LogP contribution in [0.2, 0.25) is 10.0 Å². The molecule has 2 rings (SSSR count). The third-order valence-corrected chi connectivity index (χ3v) is 4.16. The third-order valence-electron chi connectivity index (χ3n) is 3.42. The molecule has 0 aromatic heterocycles. The molecule has 1 saturated carbocycles. The molecule has 0 bridgehead atoms. The molecule has 0 unspecified atom stereocenters. The number of ether oxygens (including phenoxy) is 1. The van der Waals surface area contributed by atoms with Gasteiger partial charge in [-0.2, -0.15) is 0 Å². The maximum Gasteiger partial charge on any atom is 0.310 e. The Morgan fingerprint density at radius 2 is 1.90 bits per heavy atom. The summed E-state index contributed by atoms with van der Waals surface area (Å²) in [6.45, 7) is -0.239. The molecule has 0 heterocycles. The SMILES string of the molecule is O=C(COC(=O)Cc1ccc(Cl)c(Cl)c1)NC1CCCC1. The van der Waals surface area contributed by atoms with Gasteiger partial charge in [-0.3, -0.25) is 9.59 Å². The van der Waals surface area contributed by atoms with Gasteiger partial charge in [0.1, 0.15) is 0 Å². The molecule has 6 heteroatoms. The van der Waals surface area contributed by atoms with Crippen molar-refractivity contribution in [2.24, 2.45) is 0 Å². The summed E-state index contributed by atoms with van der Waals surface area (Å²) >= 11 is 11.7. The van der Waals surface area contributed by atoms with Crippen molar-refractivity contribution >= 4 is 35.1 Å². The van der Waals surface area contributed by atoms with Crippen molar-refractivity contribution < 1.29 is 14.3 Å². The van der Waals surface area contributed by atoms with Crippen molar-refractivity contribution in [2.75, 3.05) is 6.61 Å². The molecule has 0 aliphatic heterocycles. The number of nitrogens with one attached hydrogen (secondary N) is 1. The average molecular weight is 330 g/mol. The molecule has 21 heavy (non-hydrogen) atoms. The first-order valence-corrected chi connectivity index (χ1v) is 7.69. The van der Waals surface area contributed by atoms with Crippen molar-refractivity contribution in [1.29, 1.82) is 0 Å². The zero-order valence-electron chi connectivity index (χ0n) is 11.5. The smallest absolute Gasteiger partial charge is 0.310 e. The van der Waals surface area contributed by atoms with Gasteiger partial charge in [0.05, 0.1) is 16.5 Å². The van der Waals surface area contributed by atoms with Gasteiger partial charge in [0.2, 0.25) is 0 Å². The second-order valence-corrected chi connectivity index (χ2v) is 5.95. The van der Waals surface area contributed by atoms with Gasteiger partial charge < -0.3 is 10.1 Å². The number of halogens is 2. The van der Waals surface area contributed by atoms with Crippen LogP contribution in [0.5, 0.6) is 0 Å². The van der Waals surface area contributed by atoms with Crippen LogP contribution in [-0.4, -0.2) is 24.5 Å². The first kappa shape index (κ1) is 16.1. The van der Waals surface area contributed by atoms with Crippen LogP contribution in [0.1, 0.15) is 31.2 Å². The summed E-state index contributed by atoms with van der Waals surface area (Å²) in [6.07, 6.45) is 4.35. The zero-order valence-corrected chi connectivity index (χ0v) is 13.0. The molecule has 1 aliphatic carbocycles. The van der Waals surface area contributed by atoms with E-state index in [1.54, 1.807) is 18.2 Å². The van der Waals surface area contributed by atoms with E-state index < -0.39 is 5.97 Å². The van der Waals surface area contributed by atoms with Crippen LogP contribution in [0.25, 0.3) is 0 Å². The Morgan fingerprint density at radius 3 is 2.57 bits per heavy atom. The molecular weight excluding hydrogens is 313 g/mol. The topological polar surface area (TPSA) is 55.4 Å². The fraction of sp³-hybridized carbons (Fsp3) is 0.467. The van der Waals surface area contributed by atoms with Crippen LogP contribution in [-0.2, 0) is 20.7 Å².